The molecule has 0 unspecified atom stereocenters. The molecule has 0 atom stereocenters. The monoisotopic (exact) mass is 245 g/mol. The fourth-order valence-electron chi connectivity index (χ4n) is 1.74. The molecule has 5 heteroatoms. The van der Waals surface area contributed by atoms with Gasteiger partial charge in [-0.05, 0) is 19.1 Å². The number of para-hydroxylation sites is 1. The summed E-state index contributed by atoms with van der Waals surface area (Å²) in [7, 11) is 0. The molecule has 1 amide bonds. The summed E-state index contributed by atoms with van der Waals surface area (Å²) in [5.41, 5.74) is 1.03. The maximum atomic E-state index is 11.7. The van der Waals surface area contributed by atoms with Crippen LogP contribution < -0.4 is 4.90 Å². The van der Waals surface area contributed by atoms with Gasteiger partial charge in [0.2, 0.25) is 0 Å². The number of carboxylic acid groups (broad SMARTS) is 1. The van der Waals surface area contributed by atoms with Crippen LogP contribution in [-0.4, -0.2) is 29.3 Å². The Morgan fingerprint density at radius 1 is 1.33 bits per heavy atom. The molecule has 0 radical (unpaired) electrons. The number of amides is 1. The number of carbonyl (C=O) groups excluding carboxylic acids is 2. The molecule has 1 aromatic carbocycles. The number of hydrogen-bond acceptors (Lipinski definition) is 3. The highest BCUT2D eigenvalue weighted by molar-refractivity contribution is 6.52. The molecule has 1 aromatic rings. The summed E-state index contributed by atoms with van der Waals surface area (Å²) in [6, 6.07) is 6.67. The Morgan fingerprint density at radius 3 is 2.67 bits per heavy atom. The highest BCUT2D eigenvalue weighted by Crippen LogP contribution is 2.28. The van der Waals surface area contributed by atoms with E-state index < -0.39 is 17.7 Å². The Bertz CT molecular complexity index is 574. The van der Waals surface area contributed by atoms with Gasteiger partial charge in [0.15, 0.2) is 0 Å². The summed E-state index contributed by atoms with van der Waals surface area (Å²) < 4.78 is 0. The van der Waals surface area contributed by atoms with Crippen molar-refractivity contribution in [1.29, 1.82) is 0 Å². The van der Waals surface area contributed by atoms with Crippen molar-refractivity contribution in [3.63, 3.8) is 0 Å². The average Bonchev–Trinajstić information content (AvgIpc) is 2.60. The van der Waals surface area contributed by atoms with Crippen molar-refractivity contribution in [3.05, 3.63) is 41.5 Å². The summed E-state index contributed by atoms with van der Waals surface area (Å²) in [5, 5.41) is 8.73. The van der Waals surface area contributed by atoms with Gasteiger partial charge in [-0.15, -0.1) is 0 Å². The third kappa shape index (κ3) is 1.90. The smallest absolute Gasteiger partial charge is 0.331 e. The van der Waals surface area contributed by atoms with Crippen molar-refractivity contribution in [2.75, 3.05) is 11.4 Å². The van der Waals surface area contributed by atoms with Gasteiger partial charge in [-0.1, -0.05) is 18.2 Å². The van der Waals surface area contributed by atoms with Crippen molar-refractivity contribution in [1.82, 2.24) is 0 Å². The van der Waals surface area contributed by atoms with E-state index in [1.807, 2.05) is 0 Å². The molecule has 1 heterocycles. The highest BCUT2D eigenvalue weighted by Gasteiger charge is 2.34. The van der Waals surface area contributed by atoms with Gasteiger partial charge in [-0.3, -0.25) is 9.59 Å². The molecule has 2 rings (SSSR count). The average molecular weight is 245 g/mol. The number of nitrogens with zero attached hydrogens (tertiary/aromatic N) is 1. The summed E-state index contributed by atoms with van der Waals surface area (Å²) >= 11 is 0. The molecule has 0 fully saturated rings. The second-order valence-electron chi connectivity index (χ2n) is 3.95. The van der Waals surface area contributed by atoms with Gasteiger partial charge in [-0.2, -0.15) is 0 Å². The molecule has 0 spiro atoms. The molecular weight excluding hydrogens is 234 g/mol. The minimum atomic E-state index is -1.04. The van der Waals surface area contributed by atoms with Crippen molar-refractivity contribution in [2.45, 2.75) is 6.92 Å². The Labute approximate surface area is 103 Å². The van der Waals surface area contributed by atoms with Gasteiger partial charge >= 0.3 is 5.97 Å². The topological polar surface area (TPSA) is 74.7 Å². The number of aliphatic carboxylic acids is 1. The first-order valence-corrected chi connectivity index (χ1v) is 5.37. The largest absolute Gasteiger partial charge is 0.478 e. The van der Waals surface area contributed by atoms with Crippen LogP contribution in [0.25, 0.3) is 0 Å². The van der Waals surface area contributed by atoms with E-state index in [1.165, 1.54) is 17.9 Å². The zero-order valence-corrected chi connectivity index (χ0v) is 9.71. The molecule has 0 saturated heterocycles. The summed E-state index contributed by atoms with van der Waals surface area (Å²) in [5.74, 6) is -2.21. The van der Waals surface area contributed by atoms with Crippen LogP contribution in [0.1, 0.15) is 17.3 Å². The second-order valence-corrected chi connectivity index (χ2v) is 3.95. The van der Waals surface area contributed by atoms with Crippen LogP contribution in [0, 0.1) is 0 Å². The first kappa shape index (κ1) is 12.0. The number of benzene rings is 1. The minimum Gasteiger partial charge on any atom is -0.478 e. The molecule has 0 bridgehead atoms. The van der Waals surface area contributed by atoms with E-state index in [1.54, 1.807) is 24.3 Å². The van der Waals surface area contributed by atoms with Gasteiger partial charge < -0.3 is 10.0 Å². The standard InChI is InChI=1S/C13H11NO4/c1-8(13(17)18)6-7-14-10-5-3-2-4-9(10)11(15)12(14)16/h2-6H,7H2,1H3,(H,17,18). The second kappa shape index (κ2) is 4.44. The lowest BCUT2D eigenvalue weighted by atomic mass is 10.1. The van der Waals surface area contributed by atoms with E-state index in [4.69, 9.17) is 5.11 Å². The van der Waals surface area contributed by atoms with E-state index in [0.29, 0.717) is 11.3 Å². The molecule has 1 aliphatic rings. The summed E-state index contributed by atoms with van der Waals surface area (Å²) in [6.07, 6.45) is 1.41. The van der Waals surface area contributed by atoms with E-state index in [9.17, 15) is 14.4 Å². The molecule has 92 valence electrons. The first-order valence-electron chi connectivity index (χ1n) is 5.37. The highest BCUT2D eigenvalue weighted by atomic mass is 16.4. The molecule has 5 nitrogen and oxygen atoms in total. The van der Waals surface area contributed by atoms with E-state index in [2.05, 4.69) is 0 Å². The SMILES string of the molecule is CC(=CCN1C(=O)C(=O)c2ccccc21)C(=O)O. The molecule has 1 N–H and O–H groups in total. The Kier molecular flexibility index (Phi) is 2.97. The van der Waals surface area contributed by atoms with Crippen LogP contribution in [0.15, 0.2) is 35.9 Å². The molecular formula is C13H11NO4. The number of fused-ring (bicyclic) bond motifs is 1. The van der Waals surface area contributed by atoms with Crippen LogP contribution in [0.4, 0.5) is 5.69 Å². The normalized spacial score (nSPS) is 14.9. The van der Waals surface area contributed by atoms with Crippen molar-refractivity contribution in [2.24, 2.45) is 0 Å². The fraction of sp³-hybridized carbons (Fsp3) is 0.154. The zero-order chi connectivity index (χ0) is 13.3. The van der Waals surface area contributed by atoms with Gasteiger partial charge in [0.1, 0.15) is 0 Å². The lowest BCUT2D eigenvalue weighted by molar-refractivity contribution is -0.132. The van der Waals surface area contributed by atoms with Gasteiger partial charge in [0.25, 0.3) is 11.7 Å². The molecule has 0 aromatic heterocycles. The third-order valence-electron chi connectivity index (χ3n) is 2.80. The van der Waals surface area contributed by atoms with E-state index in [0.717, 1.165) is 0 Å². The predicted octanol–water partition coefficient (Wildman–Crippen LogP) is 1.25. The van der Waals surface area contributed by atoms with Crippen LogP contribution in [0.5, 0.6) is 0 Å². The quantitative estimate of drug-likeness (QED) is 0.642. The lowest BCUT2D eigenvalue weighted by Gasteiger charge is -2.13. The van der Waals surface area contributed by atoms with Gasteiger partial charge in [-0.25, -0.2) is 4.79 Å². The number of rotatable bonds is 3. The molecule has 18 heavy (non-hydrogen) atoms. The van der Waals surface area contributed by atoms with Crippen molar-refractivity contribution in [3.8, 4) is 0 Å². The number of carbonyl (C=O) groups is 3. The van der Waals surface area contributed by atoms with Crippen LogP contribution in [-0.2, 0) is 9.59 Å². The van der Waals surface area contributed by atoms with Crippen molar-refractivity contribution < 1.29 is 19.5 Å². The van der Waals surface area contributed by atoms with Gasteiger partial charge in [0.05, 0.1) is 11.3 Å². The number of hydrogen-bond donors (Lipinski definition) is 1. The van der Waals surface area contributed by atoms with Crippen LogP contribution >= 0.6 is 0 Å². The Morgan fingerprint density at radius 2 is 2.00 bits per heavy atom. The minimum absolute atomic E-state index is 0.0831. The summed E-state index contributed by atoms with van der Waals surface area (Å²) in [4.78, 5) is 35.3. The maximum Gasteiger partial charge on any atom is 0.331 e. The predicted molar refractivity (Wildman–Crippen MR) is 64.5 cm³/mol. The molecule has 1 aliphatic heterocycles. The van der Waals surface area contributed by atoms with Crippen LogP contribution in [0.2, 0.25) is 0 Å². The van der Waals surface area contributed by atoms with E-state index >= 15 is 0 Å². The Balaban J connectivity index is 2.30. The maximum absolute atomic E-state index is 11.7. The van der Waals surface area contributed by atoms with Crippen LogP contribution in [0.3, 0.4) is 0 Å². The number of ketones is 1. The lowest BCUT2D eigenvalue weighted by Crippen LogP contribution is -2.30. The summed E-state index contributed by atoms with van der Waals surface area (Å²) in [6.45, 7) is 1.52. The number of carboxylic acids is 1. The number of anilines is 1. The molecule has 0 saturated carbocycles. The zero-order valence-electron chi connectivity index (χ0n) is 9.71. The Hall–Kier alpha value is -2.43. The number of Topliss-reactive ketones (excluding diaryl/α,β-unsaturated/α-hetero) is 1. The first-order chi connectivity index (χ1) is 8.52. The fourth-order valence-corrected chi connectivity index (χ4v) is 1.74. The van der Waals surface area contributed by atoms with E-state index in [-0.39, 0.29) is 12.1 Å². The van der Waals surface area contributed by atoms with Crippen molar-refractivity contribution >= 4 is 23.3 Å². The molecule has 0 aliphatic carbocycles. The van der Waals surface area contributed by atoms with Gasteiger partial charge in [0, 0.05) is 12.1 Å². The third-order valence-corrected chi connectivity index (χ3v) is 2.80.